The van der Waals surface area contributed by atoms with Gasteiger partial charge in [-0.15, -0.1) is 3.89 Å². The predicted octanol–water partition coefficient (Wildman–Crippen LogP) is 3.00. The maximum absolute atomic E-state index is 12.6. The van der Waals surface area contributed by atoms with Gasteiger partial charge in [-0.25, -0.2) is 0 Å². The first-order valence-electron chi connectivity index (χ1n) is 3.12. The van der Waals surface area contributed by atoms with Crippen molar-refractivity contribution in [1.29, 1.82) is 0 Å². The average Bonchev–Trinajstić information content (AvgIpc) is 2.06. The van der Waals surface area contributed by atoms with E-state index < -0.39 is 15.1 Å². The molecule has 0 aliphatic heterocycles. The van der Waals surface area contributed by atoms with Crippen LogP contribution in [-0.4, -0.2) is 8.42 Å². The topological polar surface area (TPSA) is 60.2 Å². The van der Waals surface area contributed by atoms with Gasteiger partial charge in [-0.1, -0.05) is 23.2 Å². The largest absolute Gasteiger partial charge is 0.397 e. The standard InChI is InChI=1S/C6H3BrCl2FNO2S/c7-4-5(9)3(14(10,12)13)1-2(8)6(4)11/h1H,11H2. The molecule has 0 spiro atoms. The van der Waals surface area contributed by atoms with Crippen LogP contribution in [0, 0.1) is 0 Å². The molecule has 0 fully saturated rings. The van der Waals surface area contributed by atoms with Gasteiger partial charge in [0.05, 0.1) is 20.2 Å². The van der Waals surface area contributed by atoms with E-state index in [1.165, 1.54) is 0 Å². The third kappa shape index (κ3) is 2.13. The Morgan fingerprint density at radius 2 is 1.93 bits per heavy atom. The van der Waals surface area contributed by atoms with Crippen LogP contribution in [0.2, 0.25) is 10.0 Å². The first-order chi connectivity index (χ1) is 6.25. The van der Waals surface area contributed by atoms with Gasteiger partial charge in [0.25, 0.3) is 0 Å². The zero-order chi connectivity index (χ0) is 11.1. The summed E-state index contributed by atoms with van der Waals surface area (Å²) in [6, 6.07) is 0.860. The predicted molar refractivity (Wildman–Crippen MR) is 56.9 cm³/mol. The lowest BCUT2D eigenvalue weighted by Crippen LogP contribution is -1.97. The molecular formula is C6H3BrCl2FNO2S. The summed E-state index contributed by atoms with van der Waals surface area (Å²) in [5.74, 6) is 0. The van der Waals surface area contributed by atoms with Crippen molar-refractivity contribution in [3.8, 4) is 0 Å². The Bertz CT molecular complexity index is 491. The van der Waals surface area contributed by atoms with Crippen LogP contribution in [0.15, 0.2) is 15.4 Å². The molecule has 0 bridgehead atoms. The fourth-order valence-corrected chi connectivity index (χ4v) is 2.71. The van der Waals surface area contributed by atoms with Crippen LogP contribution in [0.4, 0.5) is 9.57 Å². The van der Waals surface area contributed by atoms with E-state index in [4.69, 9.17) is 28.9 Å². The van der Waals surface area contributed by atoms with Gasteiger partial charge in [0.15, 0.2) is 0 Å². The summed E-state index contributed by atoms with van der Waals surface area (Å²) in [7, 11) is -4.90. The molecule has 1 aromatic rings. The average molecular weight is 323 g/mol. The number of rotatable bonds is 1. The van der Waals surface area contributed by atoms with Gasteiger partial charge in [-0.2, -0.15) is 8.42 Å². The van der Waals surface area contributed by atoms with Gasteiger partial charge in [-0.05, 0) is 22.0 Å². The van der Waals surface area contributed by atoms with Crippen LogP contribution < -0.4 is 5.73 Å². The Morgan fingerprint density at radius 1 is 1.43 bits per heavy atom. The van der Waals surface area contributed by atoms with Gasteiger partial charge in [0, 0.05) is 0 Å². The number of hydrogen-bond acceptors (Lipinski definition) is 3. The molecule has 0 unspecified atom stereocenters. The molecule has 0 saturated carbocycles. The summed E-state index contributed by atoms with van der Waals surface area (Å²) < 4.78 is 33.9. The van der Waals surface area contributed by atoms with Crippen LogP contribution in [0.5, 0.6) is 0 Å². The van der Waals surface area contributed by atoms with E-state index in [2.05, 4.69) is 15.9 Å². The summed E-state index contributed by atoms with van der Waals surface area (Å²) in [4.78, 5) is -0.703. The lowest BCUT2D eigenvalue weighted by molar-refractivity contribution is 0.552. The Balaban J connectivity index is 3.66. The Kier molecular flexibility index (Phi) is 3.30. The molecular weight excluding hydrogens is 320 g/mol. The summed E-state index contributed by atoms with van der Waals surface area (Å²) in [6.07, 6.45) is 0. The van der Waals surface area contributed by atoms with Crippen molar-refractivity contribution in [3.05, 3.63) is 20.6 Å². The minimum absolute atomic E-state index is 0.0582. The Hall–Kier alpha value is -0.0400. The summed E-state index contributed by atoms with van der Waals surface area (Å²) in [5.41, 5.74) is 5.47. The van der Waals surface area contributed by atoms with Crippen molar-refractivity contribution in [2.45, 2.75) is 4.90 Å². The van der Waals surface area contributed by atoms with Crippen molar-refractivity contribution in [2.24, 2.45) is 0 Å². The lowest BCUT2D eigenvalue weighted by atomic mass is 10.3. The molecule has 0 aliphatic carbocycles. The van der Waals surface area contributed by atoms with Crippen LogP contribution in [-0.2, 0) is 10.2 Å². The smallest absolute Gasteiger partial charge is 0.333 e. The van der Waals surface area contributed by atoms with E-state index in [9.17, 15) is 12.3 Å². The lowest BCUT2D eigenvalue weighted by Gasteiger charge is -2.06. The van der Waals surface area contributed by atoms with Crippen molar-refractivity contribution in [3.63, 3.8) is 0 Å². The van der Waals surface area contributed by atoms with Crippen molar-refractivity contribution < 1.29 is 12.3 Å². The second kappa shape index (κ2) is 3.84. The number of hydrogen-bond donors (Lipinski definition) is 1. The highest BCUT2D eigenvalue weighted by Gasteiger charge is 2.21. The van der Waals surface area contributed by atoms with Gasteiger partial charge < -0.3 is 5.73 Å². The van der Waals surface area contributed by atoms with Crippen molar-refractivity contribution in [2.75, 3.05) is 5.73 Å². The minimum atomic E-state index is -4.90. The molecule has 0 heterocycles. The van der Waals surface area contributed by atoms with Gasteiger partial charge in [0.1, 0.15) is 4.90 Å². The highest BCUT2D eigenvalue weighted by atomic mass is 79.9. The molecule has 0 aliphatic rings. The summed E-state index contributed by atoms with van der Waals surface area (Å²) >= 11 is 14.0. The van der Waals surface area contributed by atoms with Gasteiger partial charge in [-0.3, -0.25) is 0 Å². The third-order valence-electron chi connectivity index (χ3n) is 1.42. The normalized spacial score (nSPS) is 11.7. The molecule has 78 valence electrons. The summed E-state index contributed by atoms with van der Waals surface area (Å²) in [6.45, 7) is 0. The van der Waals surface area contributed by atoms with E-state index in [0.29, 0.717) is 0 Å². The molecule has 0 saturated heterocycles. The fourth-order valence-electron chi connectivity index (χ4n) is 0.765. The van der Waals surface area contributed by atoms with E-state index in [1.807, 2.05) is 0 Å². The van der Waals surface area contributed by atoms with Crippen LogP contribution in [0.3, 0.4) is 0 Å². The summed E-state index contributed by atoms with van der Waals surface area (Å²) in [5, 5.41) is -0.410. The quantitative estimate of drug-likeness (QED) is 0.491. The zero-order valence-corrected chi connectivity index (χ0v) is 10.3. The van der Waals surface area contributed by atoms with Crippen LogP contribution in [0.25, 0.3) is 0 Å². The zero-order valence-electron chi connectivity index (χ0n) is 6.39. The van der Waals surface area contributed by atoms with E-state index in [0.717, 1.165) is 6.07 Å². The number of halogens is 4. The van der Waals surface area contributed by atoms with Crippen molar-refractivity contribution >= 4 is 55.0 Å². The first kappa shape index (κ1) is 12.0. The number of nitrogen functional groups attached to an aromatic ring is 1. The monoisotopic (exact) mass is 321 g/mol. The molecule has 14 heavy (non-hydrogen) atoms. The molecule has 1 aromatic carbocycles. The van der Waals surface area contributed by atoms with E-state index >= 15 is 0 Å². The molecule has 0 aromatic heterocycles. The third-order valence-corrected chi connectivity index (χ3v) is 4.14. The minimum Gasteiger partial charge on any atom is -0.397 e. The Morgan fingerprint density at radius 3 is 2.36 bits per heavy atom. The second-order valence-electron chi connectivity index (χ2n) is 2.34. The molecule has 0 radical (unpaired) electrons. The molecule has 2 N–H and O–H groups in total. The molecule has 3 nitrogen and oxygen atoms in total. The number of anilines is 1. The van der Waals surface area contributed by atoms with Gasteiger partial charge >= 0.3 is 10.2 Å². The number of nitrogens with two attached hydrogens (primary N) is 1. The maximum atomic E-state index is 12.6. The van der Waals surface area contributed by atoms with Gasteiger partial charge in [0.2, 0.25) is 0 Å². The van der Waals surface area contributed by atoms with Crippen molar-refractivity contribution in [1.82, 2.24) is 0 Å². The van der Waals surface area contributed by atoms with E-state index in [1.54, 1.807) is 0 Å². The first-order valence-corrected chi connectivity index (χ1v) is 6.06. The van der Waals surface area contributed by atoms with Crippen LogP contribution in [0.1, 0.15) is 0 Å². The highest BCUT2D eigenvalue weighted by molar-refractivity contribution is 9.10. The fraction of sp³-hybridized carbons (Fsp3) is 0. The molecule has 0 amide bonds. The van der Waals surface area contributed by atoms with E-state index in [-0.39, 0.29) is 20.2 Å². The highest BCUT2D eigenvalue weighted by Crippen LogP contribution is 2.39. The molecule has 8 heteroatoms. The number of benzene rings is 1. The molecule has 0 atom stereocenters. The second-order valence-corrected chi connectivity index (χ2v) is 5.23. The SMILES string of the molecule is Nc1c(Cl)cc(S(=O)(=O)F)c(Cl)c1Br. The maximum Gasteiger partial charge on any atom is 0.333 e. The van der Waals surface area contributed by atoms with Crippen LogP contribution >= 0.6 is 39.1 Å². The molecule has 1 rings (SSSR count). The Labute approximate surface area is 98.3 Å².